The van der Waals surface area contributed by atoms with E-state index < -0.39 is 0 Å². The minimum Gasteiger partial charge on any atom is -0.495 e. The van der Waals surface area contributed by atoms with Gasteiger partial charge in [-0.1, -0.05) is 24.9 Å². The van der Waals surface area contributed by atoms with Gasteiger partial charge in [-0.2, -0.15) is 0 Å². The van der Waals surface area contributed by atoms with Crippen LogP contribution in [0.25, 0.3) is 0 Å². The lowest BCUT2D eigenvalue weighted by Gasteiger charge is -2.30. The van der Waals surface area contributed by atoms with E-state index in [4.69, 9.17) is 16.3 Å². The van der Waals surface area contributed by atoms with Crippen LogP contribution in [0.4, 0.5) is 0 Å². The molecule has 1 aromatic rings. The molecule has 0 N–H and O–H groups in total. The molecule has 1 heterocycles. The summed E-state index contributed by atoms with van der Waals surface area (Å²) in [5, 5.41) is 0.489. The number of likely N-dealkylation sites (tertiary alicyclic amines) is 1. The average molecular weight is 296 g/mol. The van der Waals surface area contributed by atoms with Gasteiger partial charge in [-0.05, 0) is 50.0 Å². The molecule has 20 heavy (non-hydrogen) atoms. The number of hydrogen-bond donors (Lipinski definition) is 0. The number of ketones is 1. The second-order valence-electron chi connectivity index (χ2n) is 5.40. The van der Waals surface area contributed by atoms with Crippen molar-refractivity contribution in [3.05, 3.63) is 28.8 Å². The monoisotopic (exact) mass is 295 g/mol. The van der Waals surface area contributed by atoms with E-state index in [0.717, 1.165) is 19.0 Å². The topological polar surface area (TPSA) is 29.5 Å². The molecular weight excluding hydrogens is 274 g/mol. The molecule has 1 aromatic carbocycles. The van der Waals surface area contributed by atoms with Crippen molar-refractivity contribution in [2.45, 2.75) is 26.2 Å². The number of piperidine rings is 1. The first-order valence-corrected chi connectivity index (χ1v) is 7.61. The zero-order chi connectivity index (χ0) is 14.5. The maximum atomic E-state index is 12.3. The van der Waals surface area contributed by atoms with Gasteiger partial charge in [0.2, 0.25) is 0 Å². The van der Waals surface area contributed by atoms with Gasteiger partial charge in [0.15, 0.2) is 5.78 Å². The van der Waals surface area contributed by atoms with Crippen LogP contribution in [0, 0.1) is 5.92 Å². The molecule has 0 amide bonds. The van der Waals surface area contributed by atoms with Crippen LogP contribution in [0.5, 0.6) is 5.75 Å². The zero-order valence-corrected chi connectivity index (χ0v) is 12.9. The Labute approximate surface area is 125 Å². The molecule has 0 aromatic heterocycles. The Hall–Kier alpha value is -1.06. The second-order valence-corrected chi connectivity index (χ2v) is 5.81. The Balaban J connectivity index is 1.93. The molecule has 1 fully saturated rings. The van der Waals surface area contributed by atoms with E-state index in [1.807, 2.05) is 0 Å². The number of carbonyl (C=O) groups is 1. The Morgan fingerprint density at radius 1 is 1.40 bits per heavy atom. The lowest BCUT2D eigenvalue weighted by atomic mass is 9.94. The summed E-state index contributed by atoms with van der Waals surface area (Å²) >= 11 is 6.06. The van der Waals surface area contributed by atoms with E-state index in [1.54, 1.807) is 25.3 Å². The maximum absolute atomic E-state index is 12.3. The van der Waals surface area contributed by atoms with Crippen LogP contribution in [-0.4, -0.2) is 37.4 Å². The number of rotatable bonds is 5. The summed E-state index contributed by atoms with van der Waals surface area (Å²) in [5.74, 6) is 1.56. The lowest BCUT2D eigenvalue weighted by molar-refractivity contribution is 0.0894. The number of methoxy groups -OCH3 is 1. The highest BCUT2D eigenvalue weighted by Gasteiger charge is 2.20. The third kappa shape index (κ3) is 3.74. The summed E-state index contributed by atoms with van der Waals surface area (Å²) in [6.45, 7) is 4.77. The molecule has 1 aliphatic heterocycles. The van der Waals surface area contributed by atoms with Gasteiger partial charge in [-0.3, -0.25) is 9.69 Å². The Kier molecular flexibility index (Phi) is 5.44. The van der Waals surface area contributed by atoms with E-state index in [9.17, 15) is 4.79 Å². The van der Waals surface area contributed by atoms with Gasteiger partial charge in [-0.15, -0.1) is 0 Å². The average Bonchev–Trinajstić information content (AvgIpc) is 2.48. The highest BCUT2D eigenvalue weighted by molar-refractivity contribution is 6.32. The van der Waals surface area contributed by atoms with E-state index >= 15 is 0 Å². The van der Waals surface area contributed by atoms with Gasteiger partial charge in [0.25, 0.3) is 0 Å². The fourth-order valence-corrected chi connectivity index (χ4v) is 2.94. The van der Waals surface area contributed by atoms with Gasteiger partial charge in [0.1, 0.15) is 5.75 Å². The number of nitrogens with zero attached hydrogens (tertiary/aromatic N) is 1. The standard InChI is InChI=1S/C16H22ClNO2/c1-3-12-6-8-18(9-7-12)11-15(19)13-4-5-16(20-2)14(17)10-13/h4-5,10,12H,3,6-9,11H2,1-2H3. The largest absolute Gasteiger partial charge is 0.495 e. The van der Waals surface area contributed by atoms with E-state index in [0.29, 0.717) is 22.9 Å². The predicted molar refractivity (Wildman–Crippen MR) is 81.8 cm³/mol. The van der Waals surface area contributed by atoms with Crippen molar-refractivity contribution in [1.29, 1.82) is 0 Å². The minimum atomic E-state index is 0.129. The van der Waals surface area contributed by atoms with E-state index in [2.05, 4.69) is 11.8 Å². The first-order valence-electron chi connectivity index (χ1n) is 7.23. The van der Waals surface area contributed by atoms with Crippen LogP contribution >= 0.6 is 11.6 Å². The number of carbonyl (C=O) groups excluding carboxylic acids is 1. The maximum Gasteiger partial charge on any atom is 0.176 e. The van der Waals surface area contributed by atoms with Crippen molar-refractivity contribution >= 4 is 17.4 Å². The summed E-state index contributed by atoms with van der Waals surface area (Å²) in [4.78, 5) is 14.5. The molecule has 0 bridgehead atoms. The summed E-state index contributed by atoms with van der Waals surface area (Å²) < 4.78 is 5.10. The van der Waals surface area contributed by atoms with Gasteiger partial charge >= 0.3 is 0 Å². The third-order valence-corrected chi connectivity index (χ3v) is 4.42. The lowest BCUT2D eigenvalue weighted by Crippen LogP contribution is -2.37. The second kappa shape index (κ2) is 7.09. The summed E-state index contributed by atoms with van der Waals surface area (Å²) in [6, 6.07) is 5.23. The van der Waals surface area contributed by atoms with Crippen LogP contribution < -0.4 is 4.74 Å². The summed E-state index contributed by atoms with van der Waals surface area (Å²) in [7, 11) is 1.57. The Bertz CT molecular complexity index is 468. The molecule has 1 saturated heterocycles. The number of benzene rings is 1. The minimum absolute atomic E-state index is 0.129. The molecule has 0 spiro atoms. The molecule has 3 nitrogen and oxygen atoms in total. The normalized spacial score (nSPS) is 17.1. The van der Waals surface area contributed by atoms with Crippen LogP contribution in [0.1, 0.15) is 36.5 Å². The molecule has 0 aliphatic carbocycles. The van der Waals surface area contributed by atoms with Crippen LogP contribution in [-0.2, 0) is 0 Å². The van der Waals surface area contributed by atoms with Crippen LogP contribution in [0.3, 0.4) is 0 Å². The smallest absolute Gasteiger partial charge is 0.176 e. The molecule has 1 aliphatic rings. The van der Waals surface area contributed by atoms with Crippen LogP contribution in [0.15, 0.2) is 18.2 Å². The number of hydrogen-bond acceptors (Lipinski definition) is 3. The number of ether oxygens (including phenoxy) is 1. The van der Waals surface area contributed by atoms with E-state index in [-0.39, 0.29) is 5.78 Å². The molecule has 0 radical (unpaired) electrons. The predicted octanol–water partition coefficient (Wildman–Crippen LogP) is 3.65. The highest BCUT2D eigenvalue weighted by Crippen LogP contribution is 2.25. The third-order valence-electron chi connectivity index (χ3n) is 4.13. The molecule has 2 rings (SSSR count). The number of halogens is 1. The van der Waals surface area contributed by atoms with Crippen molar-refractivity contribution in [2.75, 3.05) is 26.7 Å². The quantitative estimate of drug-likeness (QED) is 0.777. The van der Waals surface area contributed by atoms with Crippen molar-refractivity contribution in [3.8, 4) is 5.75 Å². The molecular formula is C16H22ClNO2. The van der Waals surface area contributed by atoms with Crippen LogP contribution in [0.2, 0.25) is 5.02 Å². The molecule has 0 atom stereocenters. The van der Waals surface area contributed by atoms with Crippen molar-refractivity contribution < 1.29 is 9.53 Å². The van der Waals surface area contributed by atoms with Crippen molar-refractivity contribution in [3.63, 3.8) is 0 Å². The fraction of sp³-hybridized carbons (Fsp3) is 0.562. The van der Waals surface area contributed by atoms with Crippen molar-refractivity contribution in [2.24, 2.45) is 5.92 Å². The van der Waals surface area contributed by atoms with Gasteiger partial charge in [0.05, 0.1) is 18.7 Å². The molecule has 4 heteroatoms. The van der Waals surface area contributed by atoms with Crippen molar-refractivity contribution in [1.82, 2.24) is 4.90 Å². The first kappa shape index (κ1) is 15.3. The number of Topliss-reactive ketones (excluding diaryl/α,β-unsaturated/α-hetero) is 1. The van der Waals surface area contributed by atoms with Gasteiger partial charge < -0.3 is 4.74 Å². The highest BCUT2D eigenvalue weighted by atomic mass is 35.5. The first-order chi connectivity index (χ1) is 9.63. The van der Waals surface area contributed by atoms with Gasteiger partial charge in [0, 0.05) is 5.56 Å². The summed E-state index contributed by atoms with van der Waals surface area (Å²) in [6.07, 6.45) is 3.65. The molecule has 0 saturated carbocycles. The summed E-state index contributed by atoms with van der Waals surface area (Å²) in [5.41, 5.74) is 0.661. The van der Waals surface area contributed by atoms with Gasteiger partial charge in [-0.25, -0.2) is 0 Å². The Morgan fingerprint density at radius 3 is 2.65 bits per heavy atom. The molecule has 110 valence electrons. The SMILES string of the molecule is CCC1CCN(CC(=O)c2ccc(OC)c(Cl)c2)CC1. The van der Waals surface area contributed by atoms with E-state index in [1.165, 1.54) is 19.3 Å². The zero-order valence-electron chi connectivity index (χ0n) is 12.2. The Morgan fingerprint density at radius 2 is 2.10 bits per heavy atom. The fourth-order valence-electron chi connectivity index (χ4n) is 2.69. The molecule has 0 unspecified atom stereocenters.